The Morgan fingerprint density at radius 3 is 1.70 bits per heavy atom. The minimum Gasteiger partial charge on any atom is -0.460 e. The fraction of sp³-hybridized carbons (Fsp3) is 0.462. The Kier molecular flexibility index (Phi) is 17.0. The van der Waals surface area contributed by atoms with Crippen LogP contribution in [0.1, 0.15) is 117 Å². The van der Waals surface area contributed by atoms with Gasteiger partial charge in [0.15, 0.2) is 0 Å². The van der Waals surface area contributed by atoms with E-state index < -0.39 is 70.9 Å². The van der Waals surface area contributed by atoms with Gasteiger partial charge in [0.05, 0.1) is 0 Å². The van der Waals surface area contributed by atoms with E-state index in [0.717, 1.165) is 38.6 Å². The third kappa shape index (κ3) is 15.3. The number of urea groups is 1. The molecule has 0 spiro atoms. The number of alkyl carbamates (subject to hydrolysis) is 1. The minimum atomic E-state index is -1.23. The van der Waals surface area contributed by atoms with Gasteiger partial charge in [-0.15, -0.1) is 0 Å². The number of amides is 4. The lowest BCUT2D eigenvalue weighted by atomic mass is 9.98. The van der Waals surface area contributed by atoms with E-state index in [9.17, 15) is 28.8 Å². The molecule has 4 amide bonds. The molecule has 0 aliphatic heterocycles. The number of rotatable bonds is 18. The SMILES string of the molecule is CC(C)(C)OC(=O)CC[C@H](NC(=O)N[C@@H](CCCCNC(=O)[C@H](Cc1cccc2ccccc12)NC(=O)OCC1c2ccccc2-c2ccccc21)C(=O)OC(C)(C)C)C(=O)OC(C)(C)C. The molecule has 0 aromatic heterocycles. The molecule has 0 radical (unpaired) electrons. The Morgan fingerprint density at radius 2 is 1.11 bits per heavy atom. The van der Waals surface area contributed by atoms with E-state index in [-0.39, 0.29) is 44.8 Å². The number of benzene rings is 4. The largest absolute Gasteiger partial charge is 0.460 e. The molecule has 3 atom stereocenters. The number of carbonyl (C=O) groups is 6. The molecule has 1 aliphatic carbocycles. The molecule has 0 bridgehead atoms. The molecule has 0 heterocycles. The van der Waals surface area contributed by atoms with Gasteiger partial charge in [0.1, 0.15) is 41.5 Å². The molecular weight excluding hydrogens is 841 g/mol. The number of ether oxygens (including phenoxy) is 4. The van der Waals surface area contributed by atoms with Crippen molar-refractivity contribution in [2.24, 2.45) is 0 Å². The number of nitrogens with one attached hydrogen (secondary N) is 4. The molecule has 66 heavy (non-hydrogen) atoms. The lowest BCUT2D eigenvalue weighted by molar-refractivity contribution is -0.159. The molecule has 5 rings (SSSR count). The van der Waals surface area contributed by atoms with Gasteiger partial charge in [0, 0.05) is 25.3 Å². The van der Waals surface area contributed by atoms with Crippen LogP contribution < -0.4 is 21.3 Å². The van der Waals surface area contributed by atoms with Crippen LogP contribution in [0.5, 0.6) is 0 Å². The van der Waals surface area contributed by atoms with Crippen LogP contribution in [0.4, 0.5) is 9.59 Å². The van der Waals surface area contributed by atoms with Crippen molar-refractivity contribution in [2.45, 2.75) is 142 Å². The van der Waals surface area contributed by atoms with Gasteiger partial charge in [0.2, 0.25) is 5.91 Å². The summed E-state index contributed by atoms with van der Waals surface area (Å²) >= 11 is 0. The van der Waals surface area contributed by atoms with Crippen LogP contribution in [0, 0.1) is 0 Å². The first-order valence-electron chi connectivity index (χ1n) is 22.7. The topological polar surface area (TPSA) is 187 Å². The summed E-state index contributed by atoms with van der Waals surface area (Å²) in [5.41, 5.74) is 2.73. The summed E-state index contributed by atoms with van der Waals surface area (Å²) < 4.78 is 22.4. The summed E-state index contributed by atoms with van der Waals surface area (Å²) in [5.74, 6) is -2.57. The van der Waals surface area contributed by atoms with Crippen molar-refractivity contribution in [1.82, 2.24) is 21.3 Å². The predicted octanol–water partition coefficient (Wildman–Crippen LogP) is 8.42. The highest BCUT2D eigenvalue weighted by Crippen LogP contribution is 2.44. The van der Waals surface area contributed by atoms with Gasteiger partial charge in [0.25, 0.3) is 0 Å². The molecular formula is C52H66N4O10. The molecule has 0 saturated heterocycles. The van der Waals surface area contributed by atoms with Crippen molar-refractivity contribution in [1.29, 1.82) is 0 Å². The first kappa shape index (κ1) is 50.6. The van der Waals surface area contributed by atoms with E-state index in [1.54, 1.807) is 62.3 Å². The van der Waals surface area contributed by atoms with E-state index >= 15 is 0 Å². The van der Waals surface area contributed by atoms with E-state index in [0.29, 0.717) is 12.8 Å². The van der Waals surface area contributed by atoms with Crippen molar-refractivity contribution < 1.29 is 47.7 Å². The standard InChI is InChI=1S/C52H66N4O10/c1-50(2,3)64-44(57)29-28-42(47(60)66-52(7,8)9)55-48(61)54-41(46(59)65-51(4,5)6)27-16-17-30-53-45(58)43(31-34-21-18-20-33-19-10-11-22-35(33)34)56-49(62)63-32-40-38-25-14-12-23-36(38)37-24-13-15-26-39(37)40/h10-15,18-26,40-43H,16-17,27-32H2,1-9H3,(H,53,58)(H,56,62)(H2,54,55,61)/t41-,42-,43-/m0/s1. The molecule has 1 aliphatic rings. The number of hydrogen-bond donors (Lipinski definition) is 4. The predicted molar refractivity (Wildman–Crippen MR) is 253 cm³/mol. The third-order valence-corrected chi connectivity index (χ3v) is 10.5. The van der Waals surface area contributed by atoms with Crippen LogP contribution in [0.25, 0.3) is 21.9 Å². The van der Waals surface area contributed by atoms with E-state index in [1.807, 2.05) is 78.9 Å². The fourth-order valence-corrected chi connectivity index (χ4v) is 7.75. The number of carbonyl (C=O) groups excluding carboxylic acids is 6. The van der Waals surface area contributed by atoms with Crippen molar-refractivity contribution in [2.75, 3.05) is 13.2 Å². The Balaban J connectivity index is 1.22. The Bertz CT molecular complexity index is 2310. The number of fused-ring (bicyclic) bond motifs is 4. The van der Waals surface area contributed by atoms with Crippen molar-refractivity contribution >= 4 is 46.7 Å². The Hall–Kier alpha value is -6.44. The number of unbranched alkanes of at least 4 members (excludes halogenated alkanes) is 1. The molecule has 0 saturated carbocycles. The summed E-state index contributed by atoms with van der Waals surface area (Å²) in [6, 6.07) is 25.6. The van der Waals surface area contributed by atoms with Crippen molar-refractivity contribution in [3.05, 3.63) is 108 Å². The molecule has 14 nitrogen and oxygen atoms in total. The second-order valence-corrected chi connectivity index (χ2v) is 19.6. The second-order valence-electron chi connectivity index (χ2n) is 19.6. The van der Waals surface area contributed by atoms with E-state index in [4.69, 9.17) is 18.9 Å². The van der Waals surface area contributed by atoms with Gasteiger partial charge in [-0.2, -0.15) is 0 Å². The minimum absolute atomic E-state index is 0.0844. The quantitative estimate of drug-likeness (QED) is 0.0429. The number of hydrogen-bond acceptors (Lipinski definition) is 10. The molecule has 4 aromatic carbocycles. The van der Waals surface area contributed by atoms with Crippen molar-refractivity contribution in [3.8, 4) is 11.1 Å². The number of esters is 3. The molecule has 14 heteroatoms. The smallest absolute Gasteiger partial charge is 0.407 e. The van der Waals surface area contributed by atoms with Crippen molar-refractivity contribution in [3.63, 3.8) is 0 Å². The van der Waals surface area contributed by atoms with Gasteiger partial charge >= 0.3 is 30.0 Å². The monoisotopic (exact) mass is 906 g/mol. The maximum atomic E-state index is 13.9. The van der Waals surface area contributed by atoms with Crippen LogP contribution in [-0.2, 0) is 44.5 Å². The molecule has 0 fully saturated rings. The lowest BCUT2D eigenvalue weighted by Crippen LogP contribution is -2.53. The fourth-order valence-electron chi connectivity index (χ4n) is 7.75. The van der Waals surface area contributed by atoms with Gasteiger partial charge in [-0.25, -0.2) is 19.2 Å². The zero-order valence-electron chi connectivity index (χ0n) is 39.7. The van der Waals surface area contributed by atoms with Crippen LogP contribution >= 0.6 is 0 Å². The summed E-state index contributed by atoms with van der Waals surface area (Å²) in [7, 11) is 0. The maximum absolute atomic E-state index is 13.9. The maximum Gasteiger partial charge on any atom is 0.407 e. The van der Waals surface area contributed by atoms with Crippen LogP contribution in [0.15, 0.2) is 91.0 Å². The highest BCUT2D eigenvalue weighted by molar-refractivity contribution is 5.90. The Labute approximate surface area is 388 Å². The average molecular weight is 907 g/mol. The summed E-state index contributed by atoms with van der Waals surface area (Å²) in [6.07, 6.45) is 0.0891. The third-order valence-electron chi connectivity index (χ3n) is 10.5. The zero-order valence-corrected chi connectivity index (χ0v) is 39.7. The van der Waals surface area contributed by atoms with Crippen LogP contribution in [-0.4, -0.2) is 84.0 Å². The van der Waals surface area contributed by atoms with Crippen LogP contribution in [0.3, 0.4) is 0 Å². The van der Waals surface area contributed by atoms with Gasteiger partial charge < -0.3 is 40.2 Å². The highest BCUT2D eigenvalue weighted by atomic mass is 16.6. The summed E-state index contributed by atoms with van der Waals surface area (Å²) in [6.45, 7) is 15.6. The summed E-state index contributed by atoms with van der Waals surface area (Å²) in [5, 5.41) is 12.9. The average Bonchev–Trinajstić information content (AvgIpc) is 3.55. The van der Waals surface area contributed by atoms with Gasteiger partial charge in [-0.05, 0) is 127 Å². The molecule has 0 unspecified atom stereocenters. The molecule has 4 N–H and O–H groups in total. The second kappa shape index (κ2) is 22.2. The van der Waals surface area contributed by atoms with Crippen LogP contribution in [0.2, 0.25) is 0 Å². The Morgan fingerprint density at radius 1 is 0.576 bits per heavy atom. The molecule has 354 valence electrons. The van der Waals surface area contributed by atoms with E-state index in [1.165, 1.54) is 0 Å². The highest BCUT2D eigenvalue weighted by Gasteiger charge is 2.33. The lowest BCUT2D eigenvalue weighted by Gasteiger charge is -2.27. The first-order valence-corrected chi connectivity index (χ1v) is 22.7. The van der Waals surface area contributed by atoms with E-state index in [2.05, 4.69) is 33.4 Å². The molecule has 4 aromatic rings. The zero-order chi connectivity index (χ0) is 48.2. The van der Waals surface area contributed by atoms with Gasteiger partial charge in [-0.1, -0.05) is 91.0 Å². The van der Waals surface area contributed by atoms with Gasteiger partial charge in [-0.3, -0.25) is 9.59 Å². The first-order chi connectivity index (χ1) is 31.1. The normalized spacial score (nSPS) is 13.8. The summed E-state index contributed by atoms with van der Waals surface area (Å²) in [4.78, 5) is 80.0.